The molecular formula is C52H65ClN8O9S2. The monoisotopic (exact) mass is 1040 g/mol. The van der Waals surface area contributed by atoms with Gasteiger partial charge in [0.25, 0.3) is 0 Å². The summed E-state index contributed by atoms with van der Waals surface area (Å²) in [6.07, 6.45) is 0.285. The Morgan fingerprint density at radius 3 is 2.18 bits per heavy atom. The predicted molar refractivity (Wildman–Crippen MR) is 277 cm³/mol. The molecule has 3 amide bonds. The number of thiazole rings is 1. The number of aryl methyl sites for hydroxylation is 3. The summed E-state index contributed by atoms with van der Waals surface area (Å²) in [6, 6.07) is 13.1. The van der Waals surface area contributed by atoms with Crippen LogP contribution in [0.1, 0.15) is 97.0 Å². The van der Waals surface area contributed by atoms with Crippen LogP contribution in [0.5, 0.6) is 0 Å². The number of aliphatic hydroxyl groups is 1. The fourth-order valence-electron chi connectivity index (χ4n) is 8.63. The van der Waals surface area contributed by atoms with Crippen LogP contribution in [-0.2, 0) is 44.7 Å². The van der Waals surface area contributed by atoms with E-state index in [-0.39, 0.29) is 57.4 Å². The highest BCUT2D eigenvalue weighted by Crippen LogP contribution is 2.40. The van der Waals surface area contributed by atoms with Gasteiger partial charge >= 0.3 is 0 Å². The molecule has 72 heavy (non-hydrogen) atoms. The van der Waals surface area contributed by atoms with Crippen LogP contribution in [-0.4, -0.2) is 137 Å². The highest BCUT2D eigenvalue weighted by molar-refractivity contribution is 7.15. The number of carbonyl (C=O) groups excluding carboxylic acids is 4. The van der Waals surface area contributed by atoms with Crippen LogP contribution in [0.25, 0.3) is 15.4 Å². The first kappa shape index (κ1) is 54.5. The summed E-state index contributed by atoms with van der Waals surface area (Å²) in [5, 5.41) is 26.8. The Morgan fingerprint density at radius 1 is 0.875 bits per heavy atom. The lowest BCUT2D eigenvalue weighted by Gasteiger charge is -2.35. The molecule has 0 saturated carbocycles. The molecule has 0 aliphatic carbocycles. The van der Waals surface area contributed by atoms with E-state index in [9.17, 15) is 24.3 Å². The molecule has 3 N–H and O–H groups in total. The number of amides is 3. The summed E-state index contributed by atoms with van der Waals surface area (Å²) >= 11 is 9.48. The number of aliphatic hydroxyl groups excluding tert-OH is 1. The molecule has 0 radical (unpaired) electrons. The molecule has 3 aromatic heterocycles. The topological polar surface area (TPSA) is 209 Å². The van der Waals surface area contributed by atoms with Crippen LogP contribution in [0.4, 0.5) is 0 Å². The molecule has 2 aliphatic rings. The van der Waals surface area contributed by atoms with E-state index in [0.717, 1.165) is 54.9 Å². The first-order chi connectivity index (χ1) is 34.5. The highest BCUT2D eigenvalue weighted by atomic mass is 35.5. The zero-order valence-electron chi connectivity index (χ0n) is 42.0. The number of ketones is 1. The summed E-state index contributed by atoms with van der Waals surface area (Å²) in [5.41, 5.74) is 7.88. The first-order valence-corrected chi connectivity index (χ1v) is 26.3. The van der Waals surface area contributed by atoms with Crippen molar-refractivity contribution in [3.8, 4) is 15.4 Å². The van der Waals surface area contributed by atoms with E-state index < -0.39 is 41.5 Å². The van der Waals surface area contributed by atoms with Crippen molar-refractivity contribution in [2.24, 2.45) is 10.4 Å². The number of hydrogen-bond donors (Lipinski definition) is 3. The van der Waals surface area contributed by atoms with Gasteiger partial charge in [0, 0.05) is 60.0 Å². The molecule has 4 atom stereocenters. The van der Waals surface area contributed by atoms with E-state index >= 15 is 0 Å². The Bertz CT molecular complexity index is 2700. The van der Waals surface area contributed by atoms with E-state index in [1.807, 2.05) is 93.2 Å². The number of hydrogen-bond acceptors (Lipinski definition) is 15. The third kappa shape index (κ3) is 13.9. The van der Waals surface area contributed by atoms with E-state index in [2.05, 4.69) is 39.7 Å². The normalized spacial score (nSPS) is 17.0. The van der Waals surface area contributed by atoms with Crippen molar-refractivity contribution in [2.45, 2.75) is 105 Å². The number of likely N-dealkylation sites (tertiary alicyclic amines) is 1. The molecule has 0 unspecified atom stereocenters. The Balaban J connectivity index is 0.753. The number of halogens is 1. The number of fused-ring (bicyclic) bond motifs is 3. The van der Waals surface area contributed by atoms with Crippen molar-refractivity contribution >= 4 is 63.5 Å². The van der Waals surface area contributed by atoms with Crippen LogP contribution in [0.3, 0.4) is 0 Å². The van der Waals surface area contributed by atoms with Gasteiger partial charge in [0.05, 0.1) is 67.5 Å². The number of rotatable bonds is 24. The van der Waals surface area contributed by atoms with Crippen LogP contribution >= 0.6 is 34.3 Å². The van der Waals surface area contributed by atoms with E-state index in [1.165, 1.54) is 9.78 Å². The molecular weight excluding hydrogens is 980 g/mol. The molecule has 386 valence electrons. The second-order valence-corrected chi connectivity index (χ2v) is 21.6. The second kappa shape index (κ2) is 25.1. The standard InChI is InChI=1S/C52H65ClN8O9S2/c1-31-33(3)72-51-44(31)45(36-14-16-38(53)17-15-36)56-41(48-59-58-34(4)61(48)51)25-39(62)9-8-18-67-19-20-68-21-22-69-23-24-70-29-43(64)57-47(52(5,6)7)50(66)60-28-40(63)26-42(60)49(65)54-27-35-10-12-37(13-11-35)46-32(2)55-30-71-46/h10-17,30,40-42,47,63H,8-9,18-29H2,1-7H3,(H,54,65)(H,57,64)/t40-,41+,42+,47-/m1/s1. The molecule has 17 nitrogen and oxygen atoms in total. The third-order valence-electron chi connectivity index (χ3n) is 12.6. The Hall–Kier alpha value is -5.25. The Morgan fingerprint density at radius 2 is 1.53 bits per heavy atom. The summed E-state index contributed by atoms with van der Waals surface area (Å²) in [7, 11) is 0. The van der Waals surface area contributed by atoms with Crippen molar-refractivity contribution in [1.82, 2.24) is 35.3 Å². The molecule has 5 aromatic rings. The highest BCUT2D eigenvalue weighted by Gasteiger charge is 2.44. The average molecular weight is 1050 g/mol. The average Bonchev–Trinajstić information content (AvgIpc) is 4.12. The molecule has 7 rings (SSSR count). The largest absolute Gasteiger partial charge is 0.391 e. The lowest BCUT2D eigenvalue weighted by atomic mass is 9.85. The summed E-state index contributed by atoms with van der Waals surface area (Å²) < 4.78 is 24.5. The lowest BCUT2D eigenvalue weighted by Crippen LogP contribution is -2.58. The number of carbonyl (C=O) groups is 4. The second-order valence-electron chi connectivity index (χ2n) is 19.1. The van der Waals surface area contributed by atoms with Crippen LogP contribution in [0.15, 0.2) is 59.0 Å². The van der Waals surface area contributed by atoms with Gasteiger partial charge in [-0.05, 0) is 68.4 Å². The molecule has 1 fully saturated rings. The number of nitrogens with zero attached hydrogens (tertiary/aromatic N) is 6. The number of benzene rings is 2. The molecule has 0 spiro atoms. The van der Waals surface area contributed by atoms with Gasteiger partial charge in [0.2, 0.25) is 17.7 Å². The van der Waals surface area contributed by atoms with E-state index in [0.29, 0.717) is 56.7 Å². The van der Waals surface area contributed by atoms with Gasteiger partial charge in [-0.1, -0.05) is 68.8 Å². The maximum absolute atomic E-state index is 14.0. The molecule has 2 aromatic carbocycles. The quantitative estimate of drug-likeness (QED) is 0.0543. The third-order valence-corrected chi connectivity index (χ3v) is 15.0. The number of Topliss-reactive ketones (excluding diaryl/α,β-unsaturated/α-hetero) is 1. The van der Waals surface area contributed by atoms with Crippen LogP contribution in [0.2, 0.25) is 5.02 Å². The fourth-order valence-corrected chi connectivity index (χ4v) is 10.8. The van der Waals surface area contributed by atoms with E-state index in [1.54, 1.807) is 22.7 Å². The maximum Gasteiger partial charge on any atom is 0.246 e. The smallest absolute Gasteiger partial charge is 0.246 e. The fraction of sp³-hybridized carbons (Fsp3) is 0.500. The van der Waals surface area contributed by atoms with Crippen molar-refractivity contribution in [3.05, 3.63) is 104 Å². The zero-order chi connectivity index (χ0) is 51.5. The SMILES string of the molecule is Cc1ncsc1-c1ccc(CNC(=O)[C@@H]2C[C@@H](O)CN2C(=O)[C@@H](NC(=O)COCCOCCOCCOCCCC(=O)C[C@@H]2N=C(c3ccc(Cl)cc3)c3c(sc(C)c3C)-n3c(C)nnc32)C(C)(C)C)cc1. The van der Waals surface area contributed by atoms with Gasteiger partial charge < -0.3 is 39.6 Å². The van der Waals surface area contributed by atoms with Crippen molar-refractivity contribution in [3.63, 3.8) is 0 Å². The molecule has 2 aliphatic heterocycles. The Labute approximate surface area is 433 Å². The minimum absolute atomic E-state index is 0.0228. The number of aromatic nitrogens is 4. The minimum Gasteiger partial charge on any atom is -0.391 e. The van der Waals surface area contributed by atoms with Gasteiger partial charge in [-0.2, -0.15) is 0 Å². The lowest BCUT2D eigenvalue weighted by molar-refractivity contribution is -0.144. The predicted octanol–water partition coefficient (Wildman–Crippen LogP) is 6.85. The van der Waals surface area contributed by atoms with Crippen LogP contribution in [0, 0.1) is 33.1 Å². The minimum atomic E-state index is -0.974. The Kier molecular flexibility index (Phi) is 19.0. The van der Waals surface area contributed by atoms with Crippen molar-refractivity contribution in [1.29, 1.82) is 0 Å². The number of nitrogens with one attached hydrogen (secondary N) is 2. The molecule has 5 heterocycles. The van der Waals surface area contributed by atoms with Crippen molar-refractivity contribution in [2.75, 3.05) is 59.4 Å². The first-order valence-electron chi connectivity index (χ1n) is 24.2. The number of ether oxygens (including phenoxy) is 4. The van der Waals surface area contributed by atoms with Gasteiger partial charge in [-0.25, -0.2) is 4.98 Å². The summed E-state index contributed by atoms with van der Waals surface area (Å²) in [4.78, 5) is 66.9. The maximum atomic E-state index is 14.0. The van der Waals surface area contributed by atoms with Crippen LogP contribution < -0.4 is 10.6 Å². The van der Waals surface area contributed by atoms with Gasteiger partial charge in [-0.3, -0.25) is 28.7 Å². The van der Waals surface area contributed by atoms with Crippen molar-refractivity contribution < 1.29 is 43.2 Å². The number of thiophene rings is 1. The molecule has 1 saturated heterocycles. The molecule has 20 heteroatoms. The summed E-state index contributed by atoms with van der Waals surface area (Å²) in [6.45, 7) is 15.6. The summed E-state index contributed by atoms with van der Waals surface area (Å²) in [5.74, 6) is 0.130. The number of β-amino-alcohol motifs (C(OH)–C–C–N with tert-alkyl or cyclic N) is 1. The van der Waals surface area contributed by atoms with E-state index in [4.69, 9.17) is 35.5 Å². The van der Waals surface area contributed by atoms with Gasteiger partial charge in [-0.15, -0.1) is 32.9 Å². The van der Waals surface area contributed by atoms with Gasteiger partial charge in [0.1, 0.15) is 41.3 Å². The number of aliphatic imine (C=N–C) groups is 1. The molecule has 0 bridgehead atoms. The zero-order valence-corrected chi connectivity index (χ0v) is 44.4. The van der Waals surface area contributed by atoms with Gasteiger partial charge in [0.15, 0.2) is 5.82 Å².